The van der Waals surface area contributed by atoms with Crippen LogP contribution in [0.1, 0.15) is 19.4 Å². The Morgan fingerprint density at radius 3 is 2.47 bits per heavy atom. The fraction of sp³-hybridized carbons (Fsp3) is 0.429. The Hall–Kier alpha value is -2.06. The fourth-order valence-electron chi connectivity index (χ4n) is 1.66. The summed E-state index contributed by atoms with van der Waals surface area (Å²) in [5, 5.41) is 17.9. The van der Waals surface area contributed by atoms with Gasteiger partial charge >= 0.3 is 0 Å². The van der Waals surface area contributed by atoms with E-state index in [4.69, 9.17) is 10.00 Å². The Labute approximate surface area is 113 Å². The van der Waals surface area contributed by atoms with Gasteiger partial charge in [0.05, 0.1) is 17.7 Å². The molecule has 102 valence electrons. The molecule has 0 aliphatic rings. The lowest BCUT2D eigenvalue weighted by atomic mass is 10.2. The summed E-state index contributed by atoms with van der Waals surface area (Å²) < 4.78 is 5.50. The van der Waals surface area contributed by atoms with Crippen molar-refractivity contribution in [3.8, 4) is 11.8 Å². The van der Waals surface area contributed by atoms with Gasteiger partial charge in [0, 0.05) is 13.6 Å². The molecule has 2 unspecified atom stereocenters. The summed E-state index contributed by atoms with van der Waals surface area (Å²) in [5.41, 5.74) is 0.539. The third-order valence-corrected chi connectivity index (χ3v) is 2.56. The van der Waals surface area contributed by atoms with Crippen LogP contribution >= 0.6 is 0 Å². The molecule has 1 amide bonds. The van der Waals surface area contributed by atoms with Crippen molar-refractivity contribution in [3.05, 3.63) is 29.8 Å². The highest BCUT2D eigenvalue weighted by atomic mass is 16.5. The molecule has 5 heteroatoms. The average Bonchev–Trinajstić information content (AvgIpc) is 2.37. The molecule has 1 aromatic carbocycles. The first-order valence-corrected chi connectivity index (χ1v) is 6.04. The molecule has 2 atom stereocenters. The van der Waals surface area contributed by atoms with Crippen LogP contribution in [-0.4, -0.2) is 41.7 Å². The van der Waals surface area contributed by atoms with Crippen LogP contribution in [0, 0.1) is 11.3 Å². The van der Waals surface area contributed by atoms with Crippen molar-refractivity contribution in [1.82, 2.24) is 4.90 Å². The average molecular weight is 262 g/mol. The number of carbonyl (C=O) groups is 1. The van der Waals surface area contributed by atoms with Crippen LogP contribution in [0.4, 0.5) is 0 Å². The number of nitriles is 1. The number of likely N-dealkylation sites (N-methyl/N-ethyl adjacent to an activating group) is 1. The number of aliphatic hydroxyl groups excluding tert-OH is 1. The van der Waals surface area contributed by atoms with Gasteiger partial charge in [-0.1, -0.05) is 0 Å². The molecule has 0 bridgehead atoms. The van der Waals surface area contributed by atoms with Gasteiger partial charge in [-0.3, -0.25) is 4.79 Å². The number of hydrogen-bond donors (Lipinski definition) is 1. The van der Waals surface area contributed by atoms with Crippen LogP contribution in [0.25, 0.3) is 0 Å². The molecule has 0 saturated heterocycles. The molecule has 5 nitrogen and oxygen atoms in total. The van der Waals surface area contributed by atoms with Gasteiger partial charge in [-0.15, -0.1) is 0 Å². The topological polar surface area (TPSA) is 73.6 Å². The second-order valence-corrected chi connectivity index (χ2v) is 4.46. The number of aliphatic hydroxyl groups is 1. The van der Waals surface area contributed by atoms with E-state index in [1.165, 1.54) is 4.90 Å². The van der Waals surface area contributed by atoms with Crippen LogP contribution < -0.4 is 4.74 Å². The predicted molar refractivity (Wildman–Crippen MR) is 70.6 cm³/mol. The summed E-state index contributed by atoms with van der Waals surface area (Å²) in [5.74, 6) is 0.329. The van der Waals surface area contributed by atoms with Crippen molar-refractivity contribution in [2.75, 3.05) is 13.6 Å². The summed E-state index contributed by atoms with van der Waals surface area (Å²) in [6, 6.07) is 8.57. The Bertz CT molecular complexity index is 463. The zero-order valence-electron chi connectivity index (χ0n) is 11.3. The smallest absolute Gasteiger partial charge is 0.263 e. The van der Waals surface area contributed by atoms with Gasteiger partial charge in [0.15, 0.2) is 6.10 Å². The molecule has 0 heterocycles. The number of hydrogen-bond acceptors (Lipinski definition) is 4. The number of benzene rings is 1. The first-order chi connectivity index (χ1) is 8.93. The van der Waals surface area contributed by atoms with Gasteiger partial charge in [0.25, 0.3) is 5.91 Å². The molecule has 0 radical (unpaired) electrons. The third kappa shape index (κ3) is 4.60. The normalized spacial score (nSPS) is 13.2. The molecule has 1 N–H and O–H groups in total. The molecule has 0 saturated carbocycles. The number of carbonyl (C=O) groups excluding carboxylic acids is 1. The summed E-state index contributed by atoms with van der Waals surface area (Å²) in [6.07, 6.45) is -1.22. The fourth-order valence-corrected chi connectivity index (χ4v) is 1.66. The number of ether oxygens (including phenoxy) is 1. The van der Waals surface area contributed by atoms with E-state index in [1.807, 2.05) is 6.07 Å². The standard InChI is InChI=1S/C14H18N2O3/c1-10(17)9-16(3)14(18)11(2)19-13-6-4-12(8-15)5-7-13/h4-7,10-11,17H,9H2,1-3H3. The van der Waals surface area contributed by atoms with E-state index >= 15 is 0 Å². The largest absolute Gasteiger partial charge is 0.481 e. The Morgan fingerprint density at radius 2 is 2.00 bits per heavy atom. The monoisotopic (exact) mass is 262 g/mol. The number of nitrogens with zero attached hydrogens (tertiary/aromatic N) is 2. The van der Waals surface area contributed by atoms with E-state index < -0.39 is 12.2 Å². The molecule has 1 rings (SSSR count). The molecular weight excluding hydrogens is 244 g/mol. The molecular formula is C14H18N2O3. The summed E-state index contributed by atoms with van der Waals surface area (Å²) in [6.45, 7) is 3.54. The zero-order valence-corrected chi connectivity index (χ0v) is 11.3. The van der Waals surface area contributed by atoms with E-state index in [-0.39, 0.29) is 12.5 Å². The van der Waals surface area contributed by atoms with Crippen molar-refractivity contribution in [2.24, 2.45) is 0 Å². The Kier molecular flexibility index (Phi) is 5.34. The van der Waals surface area contributed by atoms with Crippen LogP contribution in [-0.2, 0) is 4.79 Å². The first-order valence-electron chi connectivity index (χ1n) is 6.04. The van der Waals surface area contributed by atoms with Crippen LogP contribution in [0.2, 0.25) is 0 Å². The van der Waals surface area contributed by atoms with Crippen molar-refractivity contribution in [3.63, 3.8) is 0 Å². The molecule has 19 heavy (non-hydrogen) atoms. The van der Waals surface area contributed by atoms with Crippen molar-refractivity contribution < 1.29 is 14.6 Å². The van der Waals surface area contributed by atoms with Crippen molar-refractivity contribution in [2.45, 2.75) is 26.1 Å². The predicted octanol–water partition coefficient (Wildman–Crippen LogP) is 1.16. The minimum atomic E-state index is -0.642. The lowest BCUT2D eigenvalue weighted by Gasteiger charge is -2.23. The van der Waals surface area contributed by atoms with Gasteiger partial charge < -0.3 is 14.7 Å². The van der Waals surface area contributed by atoms with E-state index in [2.05, 4.69) is 0 Å². The molecule has 0 aromatic heterocycles. The van der Waals surface area contributed by atoms with E-state index in [0.717, 1.165) is 0 Å². The van der Waals surface area contributed by atoms with Gasteiger partial charge in [-0.2, -0.15) is 5.26 Å². The Morgan fingerprint density at radius 1 is 1.42 bits per heavy atom. The van der Waals surface area contributed by atoms with Crippen molar-refractivity contribution in [1.29, 1.82) is 5.26 Å². The molecule has 0 fully saturated rings. The highest BCUT2D eigenvalue weighted by Gasteiger charge is 2.20. The van der Waals surface area contributed by atoms with E-state index in [0.29, 0.717) is 11.3 Å². The highest BCUT2D eigenvalue weighted by molar-refractivity contribution is 5.80. The van der Waals surface area contributed by atoms with Gasteiger partial charge in [0.2, 0.25) is 0 Å². The molecule has 0 aliphatic carbocycles. The Balaban J connectivity index is 2.60. The summed E-state index contributed by atoms with van der Waals surface area (Å²) >= 11 is 0. The van der Waals surface area contributed by atoms with Crippen LogP contribution in [0.15, 0.2) is 24.3 Å². The summed E-state index contributed by atoms with van der Waals surface area (Å²) in [7, 11) is 1.62. The number of rotatable bonds is 5. The maximum absolute atomic E-state index is 11.9. The van der Waals surface area contributed by atoms with E-state index in [1.54, 1.807) is 45.2 Å². The quantitative estimate of drug-likeness (QED) is 0.864. The lowest BCUT2D eigenvalue weighted by molar-refractivity contribution is -0.137. The minimum Gasteiger partial charge on any atom is -0.481 e. The lowest BCUT2D eigenvalue weighted by Crippen LogP contribution is -2.41. The van der Waals surface area contributed by atoms with Crippen LogP contribution in [0.5, 0.6) is 5.75 Å². The van der Waals surface area contributed by atoms with E-state index in [9.17, 15) is 9.90 Å². The maximum atomic E-state index is 11.9. The third-order valence-electron chi connectivity index (χ3n) is 2.56. The maximum Gasteiger partial charge on any atom is 0.263 e. The first kappa shape index (κ1) is 15.0. The van der Waals surface area contributed by atoms with Crippen LogP contribution in [0.3, 0.4) is 0 Å². The second kappa shape index (κ2) is 6.76. The molecule has 0 aliphatic heterocycles. The van der Waals surface area contributed by atoms with Gasteiger partial charge in [0.1, 0.15) is 5.75 Å². The second-order valence-electron chi connectivity index (χ2n) is 4.46. The van der Waals surface area contributed by atoms with Crippen molar-refractivity contribution >= 4 is 5.91 Å². The molecule has 1 aromatic rings. The molecule has 0 spiro atoms. The zero-order chi connectivity index (χ0) is 14.4. The van der Waals surface area contributed by atoms with Gasteiger partial charge in [-0.05, 0) is 38.1 Å². The highest BCUT2D eigenvalue weighted by Crippen LogP contribution is 2.14. The number of amides is 1. The minimum absolute atomic E-state index is 0.203. The SMILES string of the molecule is CC(O)CN(C)C(=O)C(C)Oc1ccc(C#N)cc1. The summed E-state index contributed by atoms with van der Waals surface area (Å²) in [4.78, 5) is 13.4. The van der Waals surface area contributed by atoms with Gasteiger partial charge in [-0.25, -0.2) is 0 Å².